The number of halogens is 2. The number of guanidine groups is 1. The average molecular weight is 563 g/mol. The quantitative estimate of drug-likeness (QED) is 0.255. The second-order valence-corrected chi connectivity index (χ2v) is 10.4. The van der Waals surface area contributed by atoms with Crippen LogP contribution in [0.3, 0.4) is 0 Å². The molecule has 1 fully saturated rings. The Morgan fingerprint density at radius 2 is 1.90 bits per heavy atom. The summed E-state index contributed by atoms with van der Waals surface area (Å²) in [6.45, 7) is 6.59. The van der Waals surface area contributed by atoms with Gasteiger partial charge in [0.25, 0.3) is 0 Å². The van der Waals surface area contributed by atoms with E-state index in [2.05, 4.69) is 45.7 Å². The Balaban J connectivity index is 1.30. The Kier molecular flexibility index (Phi) is 8.62. The lowest BCUT2D eigenvalue weighted by Crippen LogP contribution is -2.47. The Bertz CT molecular complexity index is 1450. The first kappa shape index (κ1) is 27.6. The second kappa shape index (κ2) is 12.5. The molecule has 2 heterocycles. The third kappa shape index (κ3) is 6.78. The predicted octanol–water partition coefficient (Wildman–Crippen LogP) is 5.94. The molecule has 1 atom stereocenters. The molecule has 5 rings (SSSR count). The van der Waals surface area contributed by atoms with E-state index in [-0.39, 0.29) is 18.2 Å². The van der Waals surface area contributed by atoms with Crippen LogP contribution in [0.2, 0.25) is 5.02 Å². The number of anilines is 2. The zero-order valence-corrected chi connectivity index (χ0v) is 23.2. The van der Waals surface area contributed by atoms with Crippen LogP contribution in [0.5, 0.6) is 5.75 Å². The standard InChI is InChI=1S/C30H32ClFN6O2/c1-19(2)27-16-24(35-25-13-22(12-23(31)15-25)20-4-3-5-26(39)14-20)7-6-21(27)17-34-37-30-33-18-28(32)29(36-30)38-8-10-40-11-9-38/h3-7,12-17,19,28,35,39H,8-11,18H2,1-2H3,(H,33,37)/b34-17+. The van der Waals surface area contributed by atoms with Crippen molar-refractivity contribution in [3.8, 4) is 16.9 Å². The molecule has 0 saturated carbocycles. The van der Waals surface area contributed by atoms with Gasteiger partial charge in [0.1, 0.15) is 11.6 Å². The number of benzene rings is 3. The number of aromatic hydroxyl groups is 1. The summed E-state index contributed by atoms with van der Waals surface area (Å²) in [5.74, 6) is 1.10. The van der Waals surface area contributed by atoms with Gasteiger partial charge in [-0.05, 0) is 70.6 Å². The van der Waals surface area contributed by atoms with Crippen LogP contribution in [0.15, 0.2) is 75.7 Å². The van der Waals surface area contributed by atoms with Gasteiger partial charge in [0.05, 0.1) is 26.0 Å². The first-order valence-corrected chi connectivity index (χ1v) is 13.6. The molecular weight excluding hydrogens is 531 g/mol. The van der Waals surface area contributed by atoms with E-state index in [1.54, 1.807) is 24.4 Å². The van der Waals surface area contributed by atoms with Crippen LogP contribution in [-0.2, 0) is 4.74 Å². The smallest absolute Gasteiger partial charge is 0.240 e. The van der Waals surface area contributed by atoms with Gasteiger partial charge in [-0.25, -0.2) is 14.8 Å². The SMILES string of the molecule is CC(C)c1cc(Nc2cc(Cl)cc(-c3cccc(O)c3)c2)ccc1/C=N/NC1=NCC(F)C(N2CCOCC2)=N1. The highest BCUT2D eigenvalue weighted by molar-refractivity contribution is 6.31. The summed E-state index contributed by atoms with van der Waals surface area (Å²) in [4.78, 5) is 10.5. The van der Waals surface area contributed by atoms with Crippen LogP contribution < -0.4 is 10.7 Å². The molecule has 0 spiro atoms. The molecule has 2 aliphatic heterocycles. The fraction of sp³-hybridized carbons (Fsp3) is 0.300. The lowest BCUT2D eigenvalue weighted by molar-refractivity contribution is 0.0652. The first-order chi connectivity index (χ1) is 19.4. The Morgan fingerprint density at radius 3 is 2.67 bits per heavy atom. The van der Waals surface area contributed by atoms with Crippen molar-refractivity contribution >= 4 is 41.0 Å². The van der Waals surface area contributed by atoms with Crippen molar-refractivity contribution in [1.29, 1.82) is 0 Å². The van der Waals surface area contributed by atoms with E-state index in [4.69, 9.17) is 16.3 Å². The molecule has 1 unspecified atom stereocenters. The van der Waals surface area contributed by atoms with E-state index in [0.717, 1.165) is 33.6 Å². The number of nitrogens with zero attached hydrogens (tertiary/aromatic N) is 4. The third-order valence-corrected chi connectivity index (χ3v) is 6.90. The van der Waals surface area contributed by atoms with E-state index in [1.165, 1.54) is 0 Å². The van der Waals surface area contributed by atoms with Gasteiger partial charge in [0.2, 0.25) is 5.96 Å². The molecule has 8 nitrogen and oxygen atoms in total. The van der Waals surface area contributed by atoms with Crippen molar-refractivity contribution in [3.05, 3.63) is 76.8 Å². The molecule has 0 bridgehead atoms. The zero-order chi connectivity index (χ0) is 28.1. The first-order valence-electron chi connectivity index (χ1n) is 13.3. The lowest BCUT2D eigenvalue weighted by Gasteiger charge is -2.32. The summed E-state index contributed by atoms with van der Waals surface area (Å²) < 4.78 is 19.8. The van der Waals surface area contributed by atoms with Crippen LogP contribution in [0.4, 0.5) is 15.8 Å². The van der Waals surface area contributed by atoms with Gasteiger partial charge in [-0.3, -0.25) is 0 Å². The topological polar surface area (TPSA) is 93.8 Å². The number of ether oxygens (including phenoxy) is 1. The van der Waals surface area contributed by atoms with E-state index in [1.807, 2.05) is 41.3 Å². The molecule has 3 aromatic carbocycles. The molecule has 1 saturated heterocycles. The van der Waals surface area contributed by atoms with Crippen LogP contribution in [0.25, 0.3) is 11.1 Å². The average Bonchev–Trinajstić information content (AvgIpc) is 2.94. The number of nitrogens with one attached hydrogen (secondary N) is 2. The van der Waals surface area contributed by atoms with Gasteiger partial charge in [0.15, 0.2) is 6.17 Å². The molecule has 10 heteroatoms. The highest BCUT2D eigenvalue weighted by Crippen LogP contribution is 2.31. The molecule has 3 N–H and O–H groups in total. The van der Waals surface area contributed by atoms with Gasteiger partial charge >= 0.3 is 0 Å². The number of alkyl halides is 1. The van der Waals surface area contributed by atoms with Crippen LogP contribution in [0, 0.1) is 0 Å². The largest absolute Gasteiger partial charge is 0.508 e. The Morgan fingerprint density at radius 1 is 1.07 bits per heavy atom. The number of aliphatic imine (C=N–C) groups is 2. The second-order valence-electron chi connectivity index (χ2n) is 9.97. The molecule has 0 radical (unpaired) electrons. The number of hydrogen-bond donors (Lipinski definition) is 3. The van der Waals surface area contributed by atoms with Crippen molar-refractivity contribution < 1.29 is 14.2 Å². The summed E-state index contributed by atoms with van der Waals surface area (Å²) in [5, 5.41) is 18.3. The van der Waals surface area contributed by atoms with Gasteiger partial charge in [-0.15, -0.1) is 0 Å². The van der Waals surface area contributed by atoms with Gasteiger partial charge < -0.3 is 20.1 Å². The van der Waals surface area contributed by atoms with Crippen molar-refractivity contribution in [3.63, 3.8) is 0 Å². The van der Waals surface area contributed by atoms with E-state index in [9.17, 15) is 9.50 Å². The summed E-state index contributed by atoms with van der Waals surface area (Å²) >= 11 is 6.42. The Hall–Kier alpha value is -3.95. The predicted molar refractivity (Wildman–Crippen MR) is 160 cm³/mol. The number of hydrazone groups is 1. The molecular formula is C30H32ClFN6O2. The minimum absolute atomic E-state index is 0.0162. The van der Waals surface area contributed by atoms with Crippen LogP contribution >= 0.6 is 11.6 Å². The monoisotopic (exact) mass is 562 g/mol. The maximum atomic E-state index is 14.5. The summed E-state index contributed by atoms with van der Waals surface area (Å²) in [6, 6.07) is 18.8. The maximum Gasteiger partial charge on any atom is 0.240 e. The van der Waals surface area contributed by atoms with Gasteiger partial charge in [-0.1, -0.05) is 43.6 Å². The minimum atomic E-state index is -1.23. The van der Waals surface area contributed by atoms with E-state index < -0.39 is 6.17 Å². The van der Waals surface area contributed by atoms with Crippen LogP contribution in [-0.4, -0.2) is 67.0 Å². The van der Waals surface area contributed by atoms with E-state index >= 15 is 0 Å². The summed E-state index contributed by atoms with van der Waals surface area (Å²) in [5.41, 5.74) is 8.42. The molecule has 0 aromatic heterocycles. The molecule has 0 aliphatic carbocycles. The highest BCUT2D eigenvalue weighted by Gasteiger charge is 2.26. The Labute approximate surface area is 238 Å². The van der Waals surface area contributed by atoms with Crippen molar-refractivity contribution in [1.82, 2.24) is 10.3 Å². The number of phenolic OH excluding ortho intramolecular Hbond substituents is 1. The maximum absolute atomic E-state index is 14.5. The number of amidine groups is 1. The van der Waals surface area contributed by atoms with E-state index in [0.29, 0.717) is 43.1 Å². The summed E-state index contributed by atoms with van der Waals surface area (Å²) in [7, 11) is 0. The third-order valence-electron chi connectivity index (χ3n) is 6.68. The highest BCUT2D eigenvalue weighted by atomic mass is 35.5. The number of phenols is 1. The molecule has 208 valence electrons. The number of hydrogen-bond acceptors (Lipinski definition) is 8. The number of rotatable bonds is 6. The summed E-state index contributed by atoms with van der Waals surface area (Å²) in [6.07, 6.45) is 0.502. The fourth-order valence-electron chi connectivity index (χ4n) is 4.69. The molecule has 3 aromatic rings. The molecule has 0 amide bonds. The number of morpholine rings is 1. The van der Waals surface area contributed by atoms with Crippen molar-refractivity contribution in [2.45, 2.75) is 25.9 Å². The van der Waals surface area contributed by atoms with Gasteiger partial charge in [0, 0.05) is 29.5 Å². The molecule has 40 heavy (non-hydrogen) atoms. The molecule has 2 aliphatic rings. The van der Waals surface area contributed by atoms with Gasteiger partial charge in [-0.2, -0.15) is 10.1 Å². The minimum Gasteiger partial charge on any atom is -0.508 e. The van der Waals surface area contributed by atoms with Crippen LogP contribution in [0.1, 0.15) is 30.9 Å². The van der Waals surface area contributed by atoms with Crippen molar-refractivity contribution in [2.24, 2.45) is 15.1 Å². The lowest BCUT2D eigenvalue weighted by atomic mass is 9.97. The normalized spacial score (nSPS) is 17.6. The zero-order valence-electron chi connectivity index (χ0n) is 22.4. The fourth-order valence-corrected chi connectivity index (χ4v) is 4.93. The van der Waals surface area contributed by atoms with Crippen molar-refractivity contribution in [2.75, 3.05) is 38.2 Å².